The first-order valence-electron chi connectivity index (χ1n) is 11.6. The minimum atomic E-state index is -0.874. The van der Waals surface area contributed by atoms with Crippen LogP contribution in [0, 0.1) is 18.2 Å². The minimum Gasteiger partial charge on any atom is -0.461 e. The lowest BCUT2D eigenvalue weighted by molar-refractivity contribution is 0.107. The van der Waals surface area contributed by atoms with Crippen LogP contribution in [0.5, 0.6) is 6.01 Å². The van der Waals surface area contributed by atoms with Gasteiger partial charge in [0.15, 0.2) is 5.82 Å². The molecular weight excluding hydrogens is 448 g/mol. The van der Waals surface area contributed by atoms with Crippen LogP contribution >= 0.6 is 0 Å². The lowest BCUT2D eigenvalue weighted by atomic mass is 9.95. The zero-order chi connectivity index (χ0) is 24.2. The first-order valence-corrected chi connectivity index (χ1v) is 11.6. The molecule has 4 heterocycles. The van der Waals surface area contributed by atoms with Crippen molar-refractivity contribution < 1.29 is 13.5 Å². The first kappa shape index (κ1) is 21.7. The third kappa shape index (κ3) is 3.46. The van der Waals surface area contributed by atoms with Crippen molar-refractivity contribution in [2.45, 2.75) is 31.0 Å². The molecule has 176 valence electrons. The number of pyridine rings is 1. The zero-order valence-electron chi connectivity index (χ0n) is 19.0. The summed E-state index contributed by atoms with van der Waals surface area (Å²) in [6.07, 6.45) is 8.56. The van der Waals surface area contributed by atoms with E-state index in [0.29, 0.717) is 29.5 Å². The Bertz CT molecular complexity index is 1510. The molecule has 2 atom stereocenters. The molecule has 2 fully saturated rings. The molecule has 2 N–H and O–H groups in total. The standard InChI is InChI=1S/C27H23F2N5O/c1-2-16-6-3-7-17-8-4-9-19(21(16)17)23-22(29)24-20(13-31-23)25(30)33-26(32-24)35-15-27-10-5-11-34(27)14-18(28)12-27/h1,3-4,6-9,13,18H,5,10-12,14-15H2,(H2,30,32,33)/t18-,27+/m1/s1. The number of rotatable bonds is 4. The predicted molar refractivity (Wildman–Crippen MR) is 131 cm³/mol. The third-order valence-corrected chi connectivity index (χ3v) is 7.24. The van der Waals surface area contributed by atoms with E-state index in [0.717, 1.165) is 30.2 Å². The first-order chi connectivity index (χ1) is 17.0. The summed E-state index contributed by atoms with van der Waals surface area (Å²) in [4.78, 5) is 15.1. The molecule has 0 unspecified atom stereocenters. The van der Waals surface area contributed by atoms with Crippen LogP contribution < -0.4 is 10.5 Å². The number of benzene rings is 2. The Morgan fingerprint density at radius 3 is 2.89 bits per heavy atom. The molecule has 4 aromatic rings. The number of nitrogens with zero attached hydrogens (tertiary/aromatic N) is 4. The van der Waals surface area contributed by atoms with Crippen molar-refractivity contribution >= 4 is 27.5 Å². The number of ether oxygens (including phenoxy) is 1. The second-order valence-corrected chi connectivity index (χ2v) is 9.29. The number of anilines is 1. The van der Waals surface area contributed by atoms with Gasteiger partial charge in [-0.1, -0.05) is 36.3 Å². The van der Waals surface area contributed by atoms with Gasteiger partial charge >= 0.3 is 6.01 Å². The lowest BCUT2D eigenvalue weighted by Gasteiger charge is -2.30. The van der Waals surface area contributed by atoms with E-state index in [9.17, 15) is 4.39 Å². The summed E-state index contributed by atoms with van der Waals surface area (Å²) >= 11 is 0. The summed E-state index contributed by atoms with van der Waals surface area (Å²) in [6, 6.07) is 11.1. The smallest absolute Gasteiger partial charge is 0.319 e. The number of nitrogen functional groups attached to an aromatic ring is 1. The van der Waals surface area contributed by atoms with E-state index < -0.39 is 12.0 Å². The van der Waals surface area contributed by atoms with Crippen molar-refractivity contribution in [2.24, 2.45) is 0 Å². The summed E-state index contributed by atoms with van der Waals surface area (Å²) in [5.74, 6) is 2.11. The normalized spacial score (nSPS) is 21.9. The van der Waals surface area contributed by atoms with Crippen LogP contribution in [-0.4, -0.2) is 51.3 Å². The van der Waals surface area contributed by atoms with Gasteiger partial charge in [0.2, 0.25) is 0 Å². The fourth-order valence-electron chi connectivity index (χ4n) is 5.62. The maximum Gasteiger partial charge on any atom is 0.319 e. The van der Waals surface area contributed by atoms with Gasteiger partial charge in [-0.3, -0.25) is 9.88 Å². The summed E-state index contributed by atoms with van der Waals surface area (Å²) < 4.78 is 35.9. The SMILES string of the molecule is C#Cc1cccc2cccc(-c3ncc4c(N)nc(OC[C@@]56CCCN5C[C@H](F)C6)nc4c3F)c12. The quantitative estimate of drug-likeness (QED) is 0.442. The van der Waals surface area contributed by atoms with E-state index in [4.69, 9.17) is 16.9 Å². The summed E-state index contributed by atoms with van der Waals surface area (Å²) in [5.41, 5.74) is 7.10. The van der Waals surface area contributed by atoms with Crippen molar-refractivity contribution in [1.82, 2.24) is 19.9 Å². The molecule has 0 saturated carbocycles. The van der Waals surface area contributed by atoms with Crippen LogP contribution in [-0.2, 0) is 0 Å². The van der Waals surface area contributed by atoms with Crippen molar-refractivity contribution in [3.05, 3.63) is 54.0 Å². The van der Waals surface area contributed by atoms with Gasteiger partial charge in [-0.15, -0.1) is 6.42 Å². The summed E-state index contributed by atoms with van der Waals surface area (Å²) in [7, 11) is 0. The van der Waals surface area contributed by atoms with E-state index in [2.05, 4.69) is 25.8 Å². The molecule has 2 aliphatic heterocycles. The van der Waals surface area contributed by atoms with Gasteiger partial charge in [-0.2, -0.15) is 9.97 Å². The maximum absolute atomic E-state index is 15.9. The average molecular weight is 472 g/mol. The number of alkyl halides is 1. The van der Waals surface area contributed by atoms with Crippen LogP contribution in [0.25, 0.3) is 32.9 Å². The van der Waals surface area contributed by atoms with Crippen LogP contribution in [0.3, 0.4) is 0 Å². The highest BCUT2D eigenvalue weighted by Gasteiger charge is 2.49. The number of aromatic nitrogens is 3. The van der Waals surface area contributed by atoms with Crippen LogP contribution in [0.2, 0.25) is 0 Å². The van der Waals surface area contributed by atoms with E-state index in [1.807, 2.05) is 30.3 Å². The predicted octanol–water partition coefficient (Wildman–Crippen LogP) is 4.50. The Balaban J connectivity index is 1.42. The molecule has 2 aliphatic rings. The van der Waals surface area contributed by atoms with Crippen LogP contribution in [0.4, 0.5) is 14.6 Å². The molecule has 8 heteroatoms. The minimum absolute atomic E-state index is 0.0169. The number of fused-ring (bicyclic) bond motifs is 3. The van der Waals surface area contributed by atoms with E-state index >= 15 is 4.39 Å². The molecule has 6 nitrogen and oxygen atoms in total. The second-order valence-electron chi connectivity index (χ2n) is 9.29. The Labute approximate surface area is 201 Å². The van der Waals surface area contributed by atoms with E-state index in [1.165, 1.54) is 6.20 Å². The number of nitrogens with two attached hydrogens (primary N) is 1. The lowest BCUT2D eigenvalue weighted by Crippen LogP contribution is -2.43. The topological polar surface area (TPSA) is 77.2 Å². The number of hydrogen-bond donors (Lipinski definition) is 1. The van der Waals surface area contributed by atoms with Gasteiger partial charge < -0.3 is 10.5 Å². The van der Waals surface area contributed by atoms with Gasteiger partial charge in [0, 0.05) is 35.7 Å². The molecule has 0 aliphatic carbocycles. The summed E-state index contributed by atoms with van der Waals surface area (Å²) in [5, 5.41) is 1.92. The molecular formula is C27H23F2N5O. The largest absolute Gasteiger partial charge is 0.461 e. The molecule has 0 amide bonds. The van der Waals surface area contributed by atoms with Gasteiger partial charge in [0.05, 0.1) is 10.9 Å². The van der Waals surface area contributed by atoms with Crippen molar-refractivity contribution in [1.29, 1.82) is 0 Å². The second kappa shape index (κ2) is 8.14. The fourth-order valence-corrected chi connectivity index (χ4v) is 5.62. The molecule has 0 spiro atoms. The van der Waals surface area contributed by atoms with Gasteiger partial charge in [0.25, 0.3) is 0 Å². The molecule has 2 aromatic carbocycles. The average Bonchev–Trinajstić information content (AvgIpc) is 3.38. The van der Waals surface area contributed by atoms with Gasteiger partial charge in [-0.25, -0.2) is 8.78 Å². The van der Waals surface area contributed by atoms with E-state index in [1.54, 1.807) is 6.07 Å². The van der Waals surface area contributed by atoms with Crippen molar-refractivity contribution in [2.75, 3.05) is 25.4 Å². The van der Waals surface area contributed by atoms with Crippen LogP contribution in [0.15, 0.2) is 42.6 Å². The number of terminal acetylenes is 1. The van der Waals surface area contributed by atoms with Crippen molar-refractivity contribution in [3.8, 4) is 29.6 Å². The molecule has 35 heavy (non-hydrogen) atoms. The maximum atomic E-state index is 15.9. The van der Waals surface area contributed by atoms with E-state index in [-0.39, 0.29) is 35.2 Å². The summed E-state index contributed by atoms with van der Waals surface area (Å²) in [6.45, 7) is 1.49. The molecule has 6 rings (SSSR count). The van der Waals surface area contributed by atoms with Gasteiger partial charge in [0.1, 0.15) is 29.8 Å². The Morgan fingerprint density at radius 1 is 1.23 bits per heavy atom. The zero-order valence-corrected chi connectivity index (χ0v) is 19.0. The van der Waals surface area contributed by atoms with Crippen LogP contribution in [0.1, 0.15) is 24.8 Å². The van der Waals surface area contributed by atoms with Gasteiger partial charge in [-0.05, 0) is 30.8 Å². The molecule has 0 bridgehead atoms. The Hall–Kier alpha value is -3.83. The Kier molecular flexibility index (Phi) is 5.04. The molecule has 2 aromatic heterocycles. The number of halogens is 2. The Morgan fingerprint density at radius 2 is 2.06 bits per heavy atom. The molecule has 2 saturated heterocycles. The number of hydrogen-bond acceptors (Lipinski definition) is 6. The monoisotopic (exact) mass is 471 g/mol. The highest BCUT2D eigenvalue weighted by molar-refractivity contribution is 6.01. The third-order valence-electron chi connectivity index (χ3n) is 7.24. The fraction of sp³-hybridized carbons (Fsp3) is 0.296. The highest BCUT2D eigenvalue weighted by Crippen LogP contribution is 2.40. The van der Waals surface area contributed by atoms with Crippen molar-refractivity contribution in [3.63, 3.8) is 0 Å². The molecule has 0 radical (unpaired) electrons. The highest BCUT2D eigenvalue weighted by atomic mass is 19.1.